The summed E-state index contributed by atoms with van der Waals surface area (Å²) >= 11 is 0. The first-order chi connectivity index (χ1) is 19.3. The number of phenols is 1. The smallest absolute Gasteiger partial charge is 0.279 e. The van der Waals surface area contributed by atoms with Crippen LogP contribution in [-0.4, -0.2) is 41.9 Å². The summed E-state index contributed by atoms with van der Waals surface area (Å²) in [7, 11) is -2.83. The van der Waals surface area contributed by atoms with E-state index < -0.39 is 30.4 Å². The number of hydrogen-bond acceptors (Lipinski definition) is 8. The highest BCUT2D eigenvalue weighted by molar-refractivity contribution is 7.70. The molecule has 0 saturated carbocycles. The summed E-state index contributed by atoms with van der Waals surface area (Å²) in [6.45, 7) is 9.42. The van der Waals surface area contributed by atoms with Gasteiger partial charge in [0.15, 0.2) is 11.5 Å². The number of para-hydroxylation sites is 1. The Labute approximate surface area is 239 Å². The molecule has 2 aliphatic rings. The molecule has 2 aliphatic heterocycles. The summed E-state index contributed by atoms with van der Waals surface area (Å²) < 4.78 is 23.9. The standard InChI is InChI=1S/C31H34N3O6P/c1-31(2,3)28(20-14-15-22-23(16-20)40-18-39-22)33-26-25(32-21-12-9-13-24(27(21)35)41(4,5)38)29(36)34(30(26)37)17-19-10-7-6-8-11-19/h6-16,28,32-33,35H,17-18H2,1-5H3/t28-/m0/s1. The average Bonchev–Trinajstić information content (AvgIpc) is 3.46. The van der Waals surface area contributed by atoms with Crippen molar-refractivity contribution in [3.8, 4) is 17.2 Å². The fourth-order valence-corrected chi connectivity index (χ4v) is 6.05. The van der Waals surface area contributed by atoms with Gasteiger partial charge in [0.25, 0.3) is 11.8 Å². The van der Waals surface area contributed by atoms with Crippen molar-refractivity contribution in [2.45, 2.75) is 33.4 Å². The molecule has 0 unspecified atom stereocenters. The van der Waals surface area contributed by atoms with E-state index in [-0.39, 0.29) is 41.5 Å². The van der Waals surface area contributed by atoms with Crippen LogP contribution in [-0.2, 0) is 20.7 Å². The number of aromatic hydroxyl groups is 1. The molecule has 0 radical (unpaired) electrons. The summed E-state index contributed by atoms with van der Waals surface area (Å²) in [6.07, 6.45) is 0. The number of benzene rings is 3. The van der Waals surface area contributed by atoms with Gasteiger partial charge in [-0.2, -0.15) is 0 Å². The maximum atomic E-state index is 13.9. The molecule has 3 N–H and O–H groups in total. The molecule has 1 atom stereocenters. The molecule has 0 fully saturated rings. The Kier molecular flexibility index (Phi) is 7.34. The zero-order chi connectivity index (χ0) is 29.5. The third-order valence-electron chi connectivity index (χ3n) is 7.09. The summed E-state index contributed by atoms with van der Waals surface area (Å²) in [5.41, 5.74) is 1.48. The third kappa shape index (κ3) is 5.68. The van der Waals surface area contributed by atoms with Gasteiger partial charge in [-0.3, -0.25) is 14.5 Å². The minimum absolute atomic E-state index is 0.00425. The van der Waals surface area contributed by atoms with Crippen molar-refractivity contribution in [3.05, 3.63) is 89.3 Å². The summed E-state index contributed by atoms with van der Waals surface area (Å²) in [5, 5.41) is 17.6. The van der Waals surface area contributed by atoms with E-state index >= 15 is 0 Å². The van der Waals surface area contributed by atoms with Crippen LogP contribution in [0.3, 0.4) is 0 Å². The molecule has 0 spiro atoms. The molecule has 2 amide bonds. The molecular weight excluding hydrogens is 541 g/mol. The SMILES string of the molecule is CC(C)(C)[C@@H](NC1=C(Nc2cccc(P(C)(C)=O)c2O)C(=O)N(Cc2ccccc2)C1=O)c1ccc2c(c1)OCO2. The number of nitrogens with one attached hydrogen (secondary N) is 2. The van der Waals surface area contributed by atoms with Gasteiger partial charge in [-0.25, -0.2) is 0 Å². The number of nitrogens with zero attached hydrogens (tertiary/aromatic N) is 1. The molecule has 214 valence electrons. The van der Waals surface area contributed by atoms with Crippen molar-refractivity contribution in [2.75, 3.05) is 25.4 Å². The van der Waals surface area contributed by atoms with Crippen LogP contribution in [0, 0.1) is 5.41 Å². The molecule has 5 rings (SSSR count). The van der Waals surface area contributed by atoms with Crippen LogP contribution < -0.4 is 25.4 Å². The second-order valence-electron chi connectivity index (χ2n) is 11.6. The van der Waals surface area contributed by atoms with Crippen LogP contribution in [0.4, 0.5) is 5.69 Å². The number of anilines is 1. The van der Waals surface area contributed by atoms with Crippen LogP contribution in [0.2, 0.25) is 0 Å². The highest BCUT2D eigenvalue weighted by atomic mass is 31.2. The second kappa shape index (κ2) is 10.6. The molecule has 41 heavy (non-hydrogen) atoms. The molecule has 0 aliphatic carbocycles. The van der Waals surface area contributed by atoms with Crippen molar-refractivity contribution in [1.29, 1.82) is 0 Å². The lowest BCUT2D eigenvalue weighted by Crippen LogP contribution is -2.37. The van der Waals surface area contributed by atoms with E-state index in [0.717, 1.165) is 11.1 Å². The lowest BCUT2D eigenvalue weighted by molar-refractivity contribution is -0.138. The number of fused-ring (bicyclic) bond motifs is 1. The largest absolute Gasteiger partial charge is 0.505 e. The van der Waals surface area contributed by atoms with E-state index in [1.54, 1.807) is 31.5 Å². The van der Waals surface area contributed by atoms with Gasteiger partial charge in [0.2, 0.25) is 6.79 Å². The molecule has 10 heteroatoms. The monoisotopic (exact) mass is 575 g/mol. The molecular formula is C31H34N3O6P. The van der Waals surface area contributed by atoms with Crippen LogP contribution in [0.15, 0.2) is 78.1 Å². The quantitative estimate of drug-likeness (QED) is 0.197. The molecule has 3 aromatic rings. The minimum Gasteiger partial charge on any atom is -0.505 e. The first kappa shape index (κ1) is 28.3. The van der Waals surface area contributed by atoms with Crippen molar-refractivity contribution >= 4 is 29.9 Å². The van der Waals surface area contributed by atoms with E-state index in [1.807, 2.05) is 69.3 Å². The highest BCUT2D eigenvalue weighted by Gasteiger charge is 2.42. The average molecular weight is 576 g/mol. The Hall–Kier alpha value is -4.23. The van der Waals surface area contributed by atoms with Crippen molar-refractivity contribution in [3.63, 3.8) is 0 Å². The predicted molar refractivity (Wildman–Crippen MR) is 158 cm³/mol. The number of hydrogen-bond donors (Lipinski definition) is 3. The lowest BCUT2D eigenvalue weighted by Gasteiger charge is -2.33. The maximum Gasteiger partial charge on any atom is 0.279 e. The van der Waals surface area contributed by atoms with Gasteiger partial charge in [0.1, 0.15) is 24.3 Å². The summed E-state index contributed by atoms with van der Waals surface area (Å²) in [5.74, 6) is -0.0127. The van der Waals surface area contributed by atoms with E-state index in [2.05, 4.69) is 10.6 Å². The van der Waals surface area contributed by atoms with Crippen molar-refractivity contribution in [1.82, 2.24) is 10.2 Å². The predicted octanol–water partition coefficient (Wildman–Crippen LogP) is 4.94. The number of ether oxygens (including phenoxy) is 2. The Morgan fingerprint density at radius 1 is 0.927 bits per heavy atom. The van der Waals surface area contributed by atoms with Crippen LogP contribution in [0.5, 0.6) is 17.2 Å². The number of rotatable bonds is 8. The van der Waals surface area contributed by atoms with Gasteiger partial charge < -0.3 is 29.8 Å². The third-order valence-corrected chi connectivity index (χ3v) is 8.61. The number of carbonyl (C=O) groups is 2. The topological polar surface area (TPSA) is 117 Å². The molecule has 0 aromatic heterocycles. The fourth-order valence-electron chi connectivity index (χ4n) is 4.97. The second-order valence-corrected chi connectivity index (χ2v) is 14.8. The Morgan fingerprint density at radius 2 is 1.61 bits per heavy atom. The molecule has 2 heterocycles. The highest BCUT2D eigenvalue weighted by Crippen LogP contribution is 2.42. The van der Waals surface area contributed by atoms with Gasteiger partial charge in [-0.05, 0) is 54.1 Å². The van der Waals surface area contributed by atoms with Crippen LogP contribution in [0.25, 0.3) is 0 Å². The van der Waals surface area contributed by atoms with E-state index in [9.17, 15) is 19.3 Å². The minimum atomic E-state index is -2.83. The Balaban J connectivity index is 1.58. The lowest BCUT2D eigenvalue weighted by atomic mass is 9.82. The van der Waals surface area contributed by atoms with Crippen molar-refractivity contribution in [2.24, 2.45) is 5.41 Å². The normalized spacial score (nSPS) is 15.9. The maximum absolute atomic E-state index is 13.9. The zero-order valence-electron chi connectivity index (χ0n) is 23.7. The van der Waals surface area contributed by atoms with E-state index in [4.69, 9.17) is 9.47 Å². The first-order valence-electron chi connectivity index (χ1n) is 13.3. The summed E-state index contributed by atoms with van der Waals surface area (Å²) in [6, 6.07) is 19.3. The van der Waals surface area contributed by atoms with Crippen LogP contribution >= 0.6 is 7.14 Å². The van der Waals surface area contributed by atoms with Gasteiger partial charge in [0.05, 0.1) is 23.6 Å². The molecule has 0 bridgehead atoms. The summed E-state index contributed by atoms with van der Waals surface area (Å²) in [4.78, 5) is 28.9. The molecule has 3 aromatic carbocycles. The molecule has 0 saturated heterocycles. The van der Waals surface area contributed by atoms with E-state index in [0.29, 0.717) is 11.5 Å². The van der Waals surface area contributed by atoms with Gasteiger partial charge in [0, 0.05) is 0 Å². The van der Waals surface area contributed by atoms with Crippen LogP contribution in [0.1, 0.15) is 37.9 Å². The number of amides is 2. The van der Waals surface area contributed by atoms with E-state index in [1.165, 1.54) is 4.90 Å². The number of phenolic OH excluding ortho intramolecular Hbond substituents is 1. The number of carbonyl (C=O) groups excluding carboxylic acids is 2. The van der Waals surface area contributed by atoms with Gasteiger partial charge in [-0.1, -0.05) is 63.2 Å². The Morgan fingerprint density at radius 3 is 2.29 bits per heavy atom. The number of imide groups is 1. The van der Waals surface area contributed by atoms with Crippen molar-refractivity contribution < 1.29 is 28.7 Å². The zero-order valence-corrected chi connectivity index (χ0v) is 24.6. The Bertz CT molecular complexity index is 1590. The van der Waals surface area contributed by atoms with Gasteiger partial charge >= 0.3 is 0 Å². The first-order valence-corrected chi connectivity index (χ1v) is 15.9. The fraction of sp³-hybridized carbons (Fsp3) is 0.290. The van der Waals surface area contributed by atoms with Gasteiger partial charge in [-0.15, -0.1) is 0 Å². The molecule has 9 nitrogen and oxygen atoms in total.